The fraction of sp³-hybridized carbons (Fsp3) is 0.286. The average molecular weight is 312 g/mol. The van der Waals surface area contributed by atoms with Gasteiger partial charge >= 0.3 is 0 Å². The molecule has 0 bridgehead atoms. The van der Waals surface area contributed by atoms with E-state index in [4.69, 9.17) is 4.74 Å². The molecule has 0 radical (unpaired) electrons. The van der Waals surface area contributed by atoms with Crippen LogP contribution in [0.4, 0.5) is 10.1 Å². The van der Waals surface area contributed by atoms with Gasteiger partial charge in [0, 0.05) is 13.0 Å². The van der Waals surface area contributed by atoms with Gasteiger partial charge in [0.05, 0.1) is 17.8 Å². The molecule has 1 heterocycles. The summed E-state index contributed by atoms with van der Waals surface area (Å²) in [5, 5.41) is 15.6. The Morgan fingerprint density at radius 2 is 2.29 bits per heavy atom. The largest absolute Gasteiger partial charge is 0.511 e. The number of nitrogens with one attached hydrogen (secondary N) is 2. The summed E-state index contributed by atoms with van der Waals surface area (Å²) in [6, 6.07) is 4.47. The number of carbonyl (C=O) groups is 1. The molecule has 1 aromatic rings. The molecule has 3 N–H and O–H groups in total. The van der Waals surface area contributed by atoms with E-state index in [1.807, 2.05) is 6.26 Å². The van der Waals surface area contributed by atoms with Gasteiger partial charge in [0.1, 0.15) is 11.3 Å². The van der Waals surface area contributed by atoms with Crippen molar-refractivity contribution in [2.75, 3.05) is 25.2 Å². The number of methoxy groups -OCH3 is 1. The minimum Gasteiger partial charge on any atom is -0.511 e. The number of aliphatic hydroxyl groups is 1. The van der Waals surface area contributed by atoms with Crippen LogP contribution in [-0.4, -0.2) is 35.9 Å². The fourth-order valence-electron chi connectivity index (χ4n) is 2.06. The molecule has 0 saturated carbocycles. The van der Waals surface area contributed by atoms with Crippen molar-refractivity contribution < 1.29 is 19.0 Å². The Morgan fingerprint density at radius 3 is 2.90 bits per heavy atom. The molecule has 5 nitrogen and oxygen atoms in total. The zero-order valence-electron chi connectivity index (χ0n) is 11.7. The maximum absolute atomic E-state index is 13.7. The van der Waals surface area contributed by atoms with Crippen molar-refractivity contribution in [1.29, 1.82) is 0 Å². The van der Waals surface area contributed by atoms with Crippen molar-refractivity contribution in [3.05, 3.63) is 35.3 Å². The van der Waals surface area contributed by atoms with Crippen LogP contribution in [0.2, 0.25) is 0 Å². The molecule has 0 aliphatic carbocycles. The topological polar surface area (TPSA) is 70.6 Å². The van der Waals surface area contributed by atoms with E-state index in [-0.39, 0.29) is 23.0 Å². The zero-order chi connectivity index (χ0) is 15.4. The van der Waals surface area contributed by atoms with Crippen molar-refractivity contribution in [1.82, 2.24) is 5.32 Å². The standard InChI is InChI=1S/C14H17FN2O3S/c1-20-12-8(15)4-3-5-9(12)17-14(21-2)11-10(18)6-7-16-13(11)19/h3-5,17-18,21H,6-7H2,1-2H3,(H,16,19). The number of hydrogen-bond donors (Lipinski definition) is 4. The first kappa shape index (κ1) is 15.4. The van der Waals surface area contributed by atoms with Crippen molar-refractivity contribution in [2.45, 2.75) is 6.42 Å². The summed E-state index contributed by atoms with van der Waals surface area (Å²) in [6.07, 6.45) is 2.19. The molecule has 0 unspecified atom stereocenters. The molecule has 0 atom stereocenters. The van der Waals surface area contributed by atoms with Crippen molar-refractivity contribution in [3.8, 4) is 5.75 Å². The second-order valence-corrected chi connectivity index (χ2v) is 5.24. The number of carbonyl (C=O) groups excluding carboxylic acids is 1. The normalized spacial score (nSPS) is 16.1. The van der Waals surface area contributed by atoms with Gasteiger partial charge in [0.25, 0.3) is 5.91 Å². The van der Waals surface area contributed by atoms with Gasteiger partial charge in [-0.3, -0.25) is 4.79 Å². The average Bonchev–Trinajstić information content (AvgIpc) is 2.46. The van der Waals surface area contributed by atoms with E-state index in [2.05, 4.69) is 10.6 Å². The fourth-order valence-corrected chi connectivity index (χ4v) is 2.74. The molecule has 0 spiro atoms. The minimum atomic E-state index is -0.499. The van der Waals surface area contributed by atoms with E-state index < -0.39 is 5.82 Å². The summed E-state index contributed by atoms with van der Waals surface area (Å²) in [5.41, 5.74) is 0.609. The molecule has 0 saturated heterocycles. The first-order chi connectivity index (χ1) is 10.1. The molecule has 0 aromatic heterocycles. The molecule has 114 valence electrons. The van der Waals surface area contributed by atoms with Gasteiger partial charge in [-0.15, -0.1) is 0 Å². The highest BCUT2D eigenvalue weighted by atomic mass is 32.1. The Morgan fingerprint density at radius 1 is 1.52 bits per heavy atom. The molecule has 21 heavy (non-hydrogen) atoms. The summed E-state index contributed by atoms with van der Waals surface area (Å²) < 4.78 is 18.7. The second kappa shape index (κ2) is 6.62. The van der Waals surface area contributed by atoms with Crippen LogP contribution in [0.5, 0.6) is 5.75 Å². The van der Waals surface area contributed by atoms with E-state index in [0.29, 0.717) is 23.6 Å². The van der Waals surface area contributed by atoms with Gasteiger partial charge < -0.3 is 20.5 Å². The number of hydrogen-bond acceptors (Lipinski definition) is 3. The first-order valence-electron chi connectivity index (χ1n) is 6.35. The van der Waals surface area contributed by atoms with Crippen LogP contribution < -0.4 is 15.4 Å². The lowest BCUT2D eigenvalue weighted by molar-refractivity contribution is -0.117. The minimum absolute atomic E-state index is 0.0333. The number of amides is 1. The van der Waals surface area contributed by atoms with Crippen LogP contribution in [0.15, 0.2) is 29.5 Å². The Labute approximate surface area is 125 Å². The lowest BCUT2D eigenvalue weighted by Crippen LogP contribution is -2.36. The maximum Gasteiger partial charge on any atom is 0.257 e. The van der Waals surface area contributed by atoms with Crippen LogP contribution in [0, 0.1) is 5.82 Å². The molecule has 2 rings (SSSR count). The predicted octanol–water partition coefficient (Wildman–Crippen LogP) is 1.80. The number of ether oxygens (including phenoxy) is 1. The molecule has 0 fully saturated rings. The quantitative estimate of drug-likeness (QED) is 0.507. The molecule has 1 aromatic carbocycles. The highest BCUT2D eigenvalue weighted by molar-refractivity contribution is 7.98. The Hall–Kier alpha value is -2.02. The third kappa shape index (κ3) is 3.18. The van der Waals surface area contributed by atoms with E-state index in [1.54, 1.807) is 12.1 Å². The monoisotopic (exact) mass is 312 g/mol. The van der Waals surface area contributed by atoms with E-state index in [1.165, 1.54) is 13.2 Å². The van der Waals surface area contributed by atoms with Gasteiger partial charge in [-0.2, -0.15) is 11.4 Å². The Kier molecular flexibility index (Phi) is 4.85. The zero-order valence-corrected chi connectivity index (χ0v) is 12.6. The van der Waals surface area contributed by atoms with Gasteiger partial charge in [-0.05, 0) is 18.4 Å². The third-order valence-corrected chi connectivity index (χ3v) is 3.83. The van der Waals surface area contributed by atoms with Crippen LogP contribution in [0.25, 0.3) is 0 Å². The Balaban J connectivity index is 2.37. The summed E-state index contributed by atoms with van der Waals surface area (Å²) in [5.74, 6) is -0.743. The van der Waals surface area contributed by atoms with Crippen molar-refractivity contribution >= 4 is 27.9 Å². The van der Waals surface area contributed by atoms with Crippen molar-refractivity contribution in [3.63, 3.8) is 0 Å². The second-order valence-electron chi connectivity index (χ2n) is 4.35. The first-order valence-corrected chi connectivity index (χ1v) is 7.69. The molecule has 1 aliphatic rings. The third-order valence-electron chi connectivity index (χ3n) is 3.05. The lowest BCUT2D eigenvalue weighted by Gasteiger charge is -2.20. The summed E-state index contributed by atoms with van der Waals surface area (Å²) in [6.45, 7) is 0.408. The van der Waals surface area contributed by atoms with E-state index in [0.717, 1.165) is 11.4 Å². The highest BCUT2D eigenvalue weighted by Gasteiger charge is 2.24. The van der Waals surface area contributed by atoms with Crippen LogP contribution in [0.1, 0.15) is 6.42 Å². The van der Waals surface area contributed by atoms with Crippen LogP contribution >= 0.6 is 11.4 Å². The van der Waals surface area contributed by atoms with E-state index >= 15 is 0 Å². The number of rotatable bonds is 3. The van der Waals surface area contributed by atoms with Gasteiger partial charge in [-0.25, -0.2) is 4.39 Å². The number of anilines is 1. The summed E-state index contributed by atoms with van der Waals surface area (Å²) in [7, 11) is 1.37. The van der Waals surface area contributed by atoms with Crippen LogP contribution in [0.3, 0.4) is 0 Å². The maximum atomic E-state index is 13.7. The highest BCUT2D eigenvalue weighted by Crippen LogP contribution is 2.28. The number of thiol groups is 1. The van der Waals surface area contributed by atoms with Crippen molar-refractivity contribution in [2.24, 2.45) is 0 Å². The van der Waals surface area contributed by atoms with E-state index in [9.17, 15) is 14.3 Å². The number of benzene rings is 1. The molecule has 1 aliphatic heterocycles. The SMILES string of the molecule is COc1c(F)cccc1NC(=[SH]C)C1=C(O)CCNC1=O. The summed E-state index contributed by atoms with van der Waals surface area (Å²) in [4.78, 5) is 12.4. The molecule has 7 heteroatoms. The van der Waals surface area contributed by atoms with Gasteiger partial charge in [0.2, 0.25) is 0 Å². The number of aliphatic hydroxyl groups excluding tert-OH is 1. The molecule has 1 amide bonds. The number of halogens is 1. The smallest absolute Gasteiger partial charge is 0.257 e. The summed E-state index contributed by atoms with van der Waals surface area (Å²) >= 11 is 0.737. The molecular formula is C14H17FN2O3S. The van der Waals surface area contributed by atoms with Gasteiger partial charge in [-0.1, -0.05) is 6.07 Å². The Bertz CT molecular complexity index is 629. The van der Waals surface area contributed by atoms with Crippen LogP contribution in [-0.2, 0) is 4.79 Å². The predicted molar refractivity (Wildman–Crippen MR) is 83.8 cm³/mol. The number of para-hydroxylation sites is 1. The van der Waals surface area contributed by atoms with Gasteiger partial charge in [0.15, 0.2) is 11.6 Å². The lowest BCUT2D eigenvalue weighted by atomic mass is 10.1. The molecular weight excluding hydrogens is 295 g/mol.